The standard InChI is InChI=1S/C18H24N6O/c1-2-3-5-20-16-12-15(13-19-14-16)17(25)23-8-10-24(11-9-23)18-21-6-4-7-22-18/h4,6-7,12-14,20H,2-3,5,8-11H2,1H3. The van der Waals surface area contributed by atoms with Gasteiger partial charge in [0.2, 0.25) is 5.95 Å². The molecule has 0 aromatic carbocycles. The fraction of sp³-hybridized carbons (Fsp3) is 0.444. The van der Waals surface area contributed by atoms with E-state index in [1.165, 1.54) is 0 Å². The van der Waals surface area contributed by atoms with Gasteiger partial charge in [-0.3, -0.25) is 9.78 Å². The van der Waals surface area contributed by atoms with Gasteiger partial charge in [-0.05, 0) is 18.6 Å². The minimum atomic E-state index is 0.0280. The molecule has 7 heteroatoms. The second-order valence-electron chi connectivity index (χ2n) is 6.07. The number of amides is 1. The number of carbonyl (C=O) groups is 1. The van der Waals surface area contributed by atoms with Crippen LogP contribution in [0.3, 0.4) is 0 Å². The van der Waals surface area contributed by atoms with Crippen LogP contribution in [0, 0.1) is 0 Å². The molecule has 0 unspecified atom stereocenters. The first kappa shape index (κ1) is 17.1. The van der Waals surface area contributed by atoms with Crippen LogP contribution in [-0.4, -0.2) is 58.5 Å². The van der Waals surface area contributed by atoms with Gasteiger partial charge in [0.25, 0.3) is 5.91 Å². The van der Waals surface area contributed by atoms with Gasteiger partial charge in [-0.25, -0.2) is 9.97 Å². The lowest BCUT2D eigenvalue weighted by atomic mass is 10.2. The fourth-order valence-electron chi connectivity index (χ4n) is 2.81. The van der Waals surface area contributed by atoms with Crippen molar-refractivity contribution in [1.82, 2.24) is 19.9 Å². The predicted octanol–water partition coefficient (Wildman–Crippen LogP) is 2.05. The van der Waals surface area contributed by atoms with Crippen molar-refractivity contribution in [3.05, 3.63) is 42.5 Å². The Labute approximate surface area is 148 Å². The molecule has 1 fully saturated rings. The zero-order valence-electron chi connectivity index (χ0n) is 14.6. The lowest BCUT2D eigenvalue weighted by molar-refractivity contribution is 0.0746. The van der Waals surface area contributed by atoms with Crippen molar-refractivity contribution in [2.75, 3.05) is 42.9 Å². The maximum absolute atomic E-state index is 12.7. The lowest BCUT2D eigenvalue weighted by Gasteiger charge is -2.34. The van der Waals surface area contributed by atoms with E-state index >= 15 is 0 Å². The Morgan fingerprint density at radius 2 is 1.92 bits per heavy atom. The summed E-state index contributed by atoms with van der Waals surface area (Å²) in [6.45, 7) is 5.83. The molecule has 0 radical (unpaired) electrons. The number of nitrogens with zero attached hydrogens (tertiary/aromatic N) is 5. The number of pyridine rings is 1. The summed E-state index contributed by atoms with van der Waals surface area (Å²) in [6, 6.07) is 3.69. The summed E-state index contributed by atoms with van der Waals surface area (Å²) in [4.78, 5) is 29.4. The Balaban J connectivity index is 1.58. The molecule has 0 saturated carbocycles. The van der Waals surface area contributed by atoms with Gasteiger partial charge in [0.15, 0.2) is 0 Å². The molecule has 1 amide bonds. The van der Waals surface area contributed by atoms with E-state index in [9.17, 15) is 4.79 Å². The summed E-state index contributed by atoms with van der Waals surface area (Å²) >= 11 is 0. The molecule has 2 aromatic heterocycles. The zero-order valence-corrected chi connectivity index (χ0v) is 14.6. The maximum atomic E-state index is 12.7. The van der Waals surface area contributed by atoms with Crippen molar-refractivity contribution in [3.63, 3.8) is 0 Å². The molecule has 25 heavy (non-hydrogen) atoms. The minimum Gasteiger partial charge on any atom is -0.384 e. The number of carbonyl (C=O) groups excluding carboxylic acids is 1. The number of nitrogens with one attached hydrogen (secondary N) is 1. The monoisotopic (exact) mass is 340 g/mol. The summed E-state index contributed by atoms with van der Waals surface area (Å²) in [6.07, 6.45) is 9.11. The summed E-state index contributed by atoms with van der Waals surface area (Å²) < 4.78 is 0. The van der Waals surface area contributed by atoms with E-state index in [1.807, 2.05) is 11.0 Å². The smallest absolute Gasteiger partial charge is 0.255 e. The molecule has 3 heterocycles. The molecular weight excluding hydrogens is 316 g/mol. The highest BCUT2D eigenvalue weighted by atomic mass is 16.2. The van der Waals surface area contributed by atoms with Crippen molar-refractivity contribution in [2.45, 2.75) is 19.8 Å². The van der Waals surface area contributed by atoms with Crippen LogP contribution in [0.5, 0.6) is 0 Å². The van der Waals surface area contributed by atoms with Crippen LogP contribution in [0.15, 0.2) is 36.9 Å². The Kier molecular flexibility index (Phi) is 5.77. The van der Waals surface area contributed by atoms with Crippen LogP contribution < -0.4 is 10.2 Å². The van der Waals surface area contributed by atoms with E-state index in [0.29, 0.717) is 18.7 Å². The second kappa shape index (κ2) is 8.41. The summed E-state index contributed by atoms with van der Waals surface area (Å²) in [5, 5.41) is 3.31. The van der Waals surface area contributed by atoms with Crippen LogP contribution in [-0.2, 0) is 0 Å². The summed E-state index contributed by atoms with van der Waals surface area (Å²) in [5.41, 5.74) is 1.53. The molecule has 0 spiro atoms. The third-order valence-corrected chi connectivity index (χ3v) is 4.25. The van der Waals surface area contributed by atoms with Crippen molar-refractivity contribution < 1.29 is 4.79 Å². The van der Waals surface area contributed by atoms with Crippen LogP contribution in [0.25, 0.3) is 0 Å². The Bertz CT molecular complexity index is 685. The number of hydrogen-bond donors (Lipinski definition) is 1. The van der Waals surface area contributed by atoms with E-state index in [1.54, 1.807) is 30.9 Å². The molecule has 0 bridgehead atoms. The van der Waals surface area contributed by atoms with Gasteiger partial charge >= 0.3 is 0 Å². The summed E-state index contributed by atoms with van der Waals surface area (Å²) in [7, 11) is 0. The molecule has 1 saturated heterocycles. The zero-order chi connectivity index (χ0) is 17.5. The van der Waals surface area contributed by atoms with E-state index in [0.717, 1.165) is 44.1 Å². The molecule has 2 aromatic rings. The molecule has 0 aliphatic carbocycles. The first-order chi connectivity index (χ1) is 12.3. The lowest BCUT2D eigenvalue weighted by Crippen LogP contribution is -2.49. The molecule has 132 valence electrons. The van der Waals surface area contributed by atoms with Gasteiger partial charge in [-0.1, -0.05) is 13.3 Å². The number of piperazine rings is 1. The Morgan fingerprint density at radius 1 is 1.16 bits per heavy atom. The van der Waals surface area contributed by atoms with Crippen LogP contribution in [0.1, 0.15) is 30.1 Å². The maximum Gasteiger partial charge on any atom is 0.255 e. The third kappa shape index (κ3) is 4.43. The number of aromatic nitrogens is 3. The van der Waals surface area contributed by atoms with E-state index in [4.69, 9.17) is 0 Å². The van der Waals surface area contributed by atoms with E-state index in [-0.39, 0.29) is 5.91 Å². The van der Waals surface area contributed by atoms with Crippen molar-refractivity contribution in [3.8, 4) is 0 Å². The molecule has 7 nitrogen and oxygen atoms in total. The molecule has 1 aliphatic rings. The molecule has 3 rings (SSSR count). The third-order valence-electron chi connectivity index (χ3n) is 4.25. The van der Waals surface area contributed by atoms with Crippen LogP contribution in [0.4, 0.5) is 11.6 Å². The SMILES string of the molecule is CCCCNc1cncc(C(=O)N2CCN(c3ncccn3)CC2)c1. The predicted molar refractivity (Wildman–Crippen MR) is 97.8 cm³/mol. The van der Waals surface area contributed by atoms with Gasteiger partial charge in [0.05, 0.1) is 11.3 Å². The van der Waals surface area contributed by atoms with Gasteiger partial charge in [-0.15, -0.1) is 0 Å². The van der Waals surface area contributed by atoms with Gasteiger partial charge in [0.1, 0.15) is 0 Å². The molecule has 1 aliphatic heterocycles. The molecule has 0 atom stereocenters. The molecule has 1 N–H and O–H groups in total. The number of hydrogen-bond acceptors (Lipinski definition) is 6. The Morgan fingerprint density at radius 3 is 2.64 bits per heavy atom. The number of rotatable bonds is 6. The Hall–Kier alpha value is -2.70. The highest BCUT2D eigenvalue weighted by Gasteiger charge is 2.23. The number of anilines is 2. The summed E-state index contributed by atoms with van der Waals surface area (Å²) in [5.74, 6) is 0.749. The first-order valence-electron chi connectivity index (χ1n) is 8.78. The highest BCUT2D eigenvalue weighted by molar-refractivity contribution is 5.94. The van der Waals surface area contributed by atoms with Crippen LogP contribution >= 0.6 is 0 Å². The number of unbranched alkanes of at least 4 members (excludes halogenated alkanes) is 1. The minimum absolute atomic E-state index is 0.0280. The quantitative estimate of drug-likeness (QED) is 0.811. The van der Waals surface area contributed by atoms with E-state index < -0.39 is 0 Å². The topological polar surface area (TPSA) is 74.2 Å². The average molecular weight is 340 g/mol. The molecular formula is C18H24N6O. The largest absolute Gasteiger partial charge is 0.384 e. The van der Waals surface area contributed by atoms with Crippen molar-refractivity contribution in [1.29, 1.82) is 0 Å². The normalized spacial score (nSPS) is 14.4. The van der Waals surface area contributed by atoms with Gasteiger partial charge < -0.3 is 15.1 Å². The van der Waals surface area contributed by atoms with Gasteiger partial charge in [0, 0.05) is 57.5 Å². The highest BCUT2D eigenvalue weighted by Crippen LogP contribution is 2.14. The fourth-order valence-corrected chi connectivity index (χ4v) is 2.81. The van der Waals surface area contributed by atoms with Crippen LogP contribution in [0.2, 0.25) is 0 Å². The van der Waals surface area contributed by atoms with Crippen molar-refractivity contribution in [2.24, 2.45) is 0 Å². The van der Waals surface area contributed by atoms with Crippen molar-refractivity contribution >= 4 is 17.5 Å². The van der Waals surface area contributed by atoms with E-state index in [2.05, 4.69) is 32.1 Å². The average Bonchev–Trinajstić information content (AvgIpc) is 2.69. The second-order valence-corrected chi connectivity index (χ2v) is 6.07. The van der Waals surface area contributed by atoms with Gasteiger partial charge in [-0.2, -0.15) is 0 Å². The first-order valence-corrected chi connectivity index (χ1v) is 8.78.